The molecule has 0 aliphatic carbocycles. The van der Waals surface area contributed by atoms with E-state index in [9.17, 15) is 19.7 Å². The third-order valence-corrected chi connectivity index (χ3v) is 4.34. The first-order valence-corrected chi connectivity index (χ1v) is 8.76. The molecule has 0 fully saturated rings. The summed E-state index contributed by atoms with van der Waals surface area (Å²) in [7, 11) is 3.23. The Balaban J connectivity index is 1.68. The number of hydrogen-bond donors (Lipinski definition) is 1. The number of nitrogens with one attached hydrogen (secondary N) is 1. The Bertz CT molecular complexity index is 1040. The van der Waals surface area contributed by atoms with Crippen LogP contribution in [0, 0.1) is 10.1 Å². The summed E-state index contributed by atoms with van der Waals surface area (Å²) in [5.41, 5.74) is 2.28. The maximum atomic E-state index is 12.7. The normalized spacial score (nSPS) is 10.4. The lowest BCUT2D eigenvalue weighted by Crippen LogP contribution is -2.26. The third kappa shape index (κ3) is 4.46. The van der Waals surface area contributed by atoms with Crippen molar-refractivity contribution in [1.29, 1.82) is 0 Å². The first-order valence-electron chi connectivity index (χ1n) is 8.76. The van der Waals surface area contributed by atoms with Gasteiger partial charge < -0.3 is 10.2 Å². The maximum absolute atomic E-state index is 12.7. The maximum Gasteiger partial charge on any atom is 0.274 e. The van der Waals surface area contributed by atoms with E-state index in [0.29, 0.717) is 17.8 Å². The van der Waals surface area contributed by atoms with Crippen LogP contribution in [-0.2, 0) is 6.54 Å². The summed E-state index contributed by atoms with van der Waals surface area (Å²) in [6, 6.07) is 14.5. The zero-order valence-electron chi connectivity index (χ0n) is 15.9. The molecule has 2 aromatic carbocycles. The Morgan fingerprint density at radius 2 is 1.76 bits per heavy atom. The standard InChI is InChI=1S/C20H19N5O4/c1-21-19(26)15-5-3-14(4-6-15)13-23(2)20(27)18-11-12-24(22-18)16-7-9-17(10-8-16)25(28)29/h3-12H,13H2,1-2H3,(H,21,26). The van der Waals surface area contributed by atoms with Crippen molar-refractivity contribution in [2.75, 3.05) is 14.1 Å². The van der Waals surface area contributed by atoms with Crippen LogP contribution in [0.25, 0.3) is 5.69 Å². The van der Waals surface area contributed by atoms with E-state index in [4.69, 9.17) is 0 Å². The number of hydrogen-bond acceptors (Lipinski definition) is 5. The molecule has 0 spiro atoms. The summed E-state index contributed by atoms with van der Waals surface area (Å²) in [5.74, 6) is -0.432. The van der Waals surface area contributed by atoms with Crippen molar-refractivity contribution in [2.45, 2.75) is 6.54 Å². The van der Waals surface area contributed by atoms with Crippen LogP contribution in [0.3, 0.4) is 0 Å². The number of nitrogens with zero attached hydrogens (tertiary/aromatic N) is 4. The molecule has 0 unspecified atom stereocenters. The number of rotatable bonds is 6. The molecule has 0 saturated carbocycles. The topological polar surface area (TPSA) is 110 Å². The molecule has 3 aromatic rings. The van der Waals surface area contributed by atoms with Crippen molar-refractivity contribution in [1.82, 2.24) is 20.0 Å². The molecular weight excluding hydrogens is 374 g/mol. The van der Waals surface area contributed by atoms with Crippen LogP contribution in [0.15, 0.2) is 60.8 Å². The molecule has 0 bridgehead atoms. The Morgan fingerprint density at radius 1 is 1.10 bits per heavy atom. The van der Waals surface area contributed by atoms with E-state index in [-0.39, 0.29) is 23.2 Å². The molecule has 1 N–H and O–H groups in total. The number of nitro benzene ring substituents is 1. The van der Waals surface area contributed by atoms with Crippen LogP contribution in [0.1, 0.15) is 26.4 Å². The van der Waals surface area contributed by atoms with Crippen LogP contribution in [0.5, 0.6) is 0 Å². The van der Waals surface area contributed by atoms with Gasteiger partial charge in [0.1, 0.15) is 0 Å². The summed E-state index contributed by atoms with van der Waals surface area (Å²) in [6.07, 6.45) is 1.63. The van der Waals surface area contributed by atoms with E-state index in [1.807, 2.05) is 0 Å². The number of aromatic nitrogens is 2. The molecule has 0 atom stereocenters. The van der Waals surface area contributed by atoms with Crippen LogP contribution in [0.4, 0.5) is 5.69 Å². The zero-order valence-corrected chi connectivity index (χ0v) is 15.9. The van der Waals surface area contributed by atoms with Crippen molar-refractivity contribution in [2.24, 2.45) is 0 Å². The first kappa shape index (κ1) is 19.7. The SMILES string of the molecule is CNC(=O)c1ccc(CN(C)C(=O)c2ccn(-c3ccc([N+](=O)[O-])cc3)n2)cc1. The Kier molecular flexibility index (Phi) is 5.68. The highest BCUT2D eigenvalue weighted by molar-refractivity contribution is 5.94. The minimum absolute atomic E-state index is 0.0145. The number of carbonyl (C=O) groups is 2. The lowest BCUT2D eigenvalue weighted by atomic mass is 10.1. The average Bonchev–Trinajstić information content (AvgIpc) is 3.23. The fourth-order valence-electron chi connectivity index (χ4n) is 2.76. The second kappa shape index (κ2) is 8.34. The summed E-state index contributed by atoms with van der Waals surface area (Å²) >= 11 is 0. The van der Waals surface area contributed by atoms with E-state index in [0.717, 1.165) is 5.56 Å². The van der Waals surface area contributed by atoms with Gasteiger partial charge >= 0.3 is 0 Å². The van der Waals surface area contributed by atoms with E-state index >= 15 is 0 Å². The van der Waals surface area contributed by atoms with Crippen LogP contribution in [0.2, 0.25) is 0 Å². The molecule has 0 aliphatic rings. The van der Waals surface area contributed by atoms with Gasteiger partial charge in [0.05, 0.1) is 10.6 Å². The lowest BCUT2D eigenvalue weighted by molar-refractivity contribution is -0.384. The summed E-state index contributed by atoms with van der Waals surface area (Å²) in [4.78, 5) is 36.0. The molecule has 9 nitrogen and oxygen atoms in total. The van der Waals surface area contributed by atoms with Crippen molar-refractivity contribution >= 4 is 17.5 Å². The number of benzene rings is 2. The molecule has 0 aliphatic heterocycles. The van der Waals surface area contributed by atoms with E-state index in [1.54, 1.807) is 62.8 Å². The van der Waals surface area contributed by atoms with E-state index < -0.39 is 4.92 Å². The van der Waals surface area contributed by atoms with Gasteiger partial charge in [-0.05, 0) is 35.9 Å². The number of nitro groups is 1. The number of carbonyl (C=O) groups excluding carboxylic acids is 2. The van der Waals surface area contributed by atoms with Gasteiger partial charge in [0, 0.05) is 44.5 Å². The van der Waals surface area contributed by atoms with Crippen molar-refractivity contribution in [3.05, 3.63) is 87.7 Å². The summed E-state index contributed by atoms with van der Waals surface area (Å²) < 4.78 is 1.49. The predicted molar refractivity (Wildman–Crippen MR) is 106 cm³/mol. The molecule has 148 valence electrons. The van der Waals surface area contributed by atoms with Crippen molar-refractivity contribution < 1.29 is 14.5 Å². The molecule has 3 rings (SSSR count). The minimum Gasteiger partial charge on any atom is -0.355 e. The highest BCUT2D eigenvalue weighted by Crippen LogP contribution is 2.16. The number of amides is 2. The predicted octanol–water partition coefficient (Wildman–Crippen LogP) is 2.41. The van der Waals surface area contributed by atoms with Crippen molar-refractivity contribution in [3.8, 4) is 5.69 Å². The Morgan fingerprint density at radius 3 is 2.34 bits per heavy atom. The second-order valence-corrected chi connectivity index (χ2v) is 6.36. The highest BCUT2D eigenvalue weighted by Gasteiger charge is 2.16. The van der Waals surface area contributed by atoms with E-state index in [2.05, 4.69) is 10.4 Å². The number of non-ortho nitro benzene ring substituents is 1. The highest BCUT2D eigenvalue weighted by atomic mass is 16.6. The largest absolute Gasteiger partial charge is 0.355 e. The smallest absolute Gasteiger partial charge is 0.274 e. The van der Waals surface area contributed by atoms with Gasteiger partial charge in [-0.25, -0.2) is 4.68 Å². The molecular formula is C20H19N5O4. The quantitative estimate of drug-likeness (QED) is 0.511. The fraction of sp³-hybridized carbons (Fsp3) is 0.150. The van der Waals surface area contributed by atoms with Gasteiger partial charge in [0.25, 0.3) is 17.5 Å². The fourth-order valence-corrected chi connectivity index (χ4v) is 2.76. The molecule has 1 aromatic heterocycles. The molecule has 0 saturated heterocycles. The van der Waals surface area contributed by atoms with Gasteiger partial charge in [-0.2, -0.15) is 5.10 Å². The lowest BCUT2D eigenvalue weighted by Gasteiger charge is -2.16. The average molecular weight is 393 g/mol. The van der Waals surface area contributed by atoms with Crippen molar-refractivity contribution in [3.63, 3.8) is 0 Å². The van der Waals surface area contributed by atoms with Crippen LogP contribution >= 0.6 is 0 Å². The summed E-state index contributed by atoms with van der Waals surface area (Å²) in [6.45, 7) is 0.358. The molecule has 0 radical (unpaired) electrons. The Hall–Kier alpha value is -4.01. The first-order chi connectivity index (χ1) is 13.9. The molecule has 2 amide bonds. The van der Waals surface area contributed by atoms with Crippen LogP contribution in [-0.4, -0.2) is 45.5 Å². The van der Waals surface area contributed by atoms with E-state index in [1.165, 1.54) is 21.7 Å². The van der Waals surface area contributed by atoms with Gasteiger partial charge in [-0.15, -0.1) is 0 Å². The summed E-state index contributed by atoms with van der Waals surface area (Å²) in [5, 5.41) is 17.6. The molecule has 29 heavy (non-hydrogen) atoms. The van der Waals surface area contributed by atoms with Crippen LogP contribution < -0.4 is 5.32 Å². The molecule has 9 heteroatoms. The monoisotopic (exact) mass is 393 g/mol. The third-order valence-electron chi connectivity index (χ3n) is 4.34. The zero-order chi connectivity index (χ0) is 21.0. The van der Waals surface area contributed by atoms with Gasteiger partial charge in [-0.3, -0.25) is 19.7 Å². The van der Waals surface area contributed by atoms with Gasteiger partial charge in [-0.1, -0.05) is 12.1 Å². The molecule has 1 heterocycles. The van der Waals surface area contributed by atoms with Gasteiger partial charge in [0.15, 0.2) is 5.69 Å². The van der Waals surface area contributed by atoms with Gasteiger partial charge in [0.2, 0.25) is 0 Å². The Labute approximate surface area is 166 Å². The second-order valence-electron chi connectivity index (χ2n) is 6.36. The minimum atomic E-state index is -0.474.